The normalized spacial score (nSPS) is 14.4. The van der Waals surface area contributed by atoms with Crippen LogP contribution in [0.3, 0.4) is 0 Å². The molecular weight excluding hydrogens is 420 g/mol. The van der Waals surface area contributed by atoms with Gasteiger partial charge in [-0.1, -0.05) is 50.9 Å². The lowest BCUT2D eigenvalue weighted by atomic mass is 10.0. The minimum absolute atomic E-state index is 0.0535. The van der Waals surface area contributed by atoms with E-state index in [1.165, 1.54) is 16.7 Å². The van der Waals surface area contributed by atoms with E-state index in [1.807, 2.05) is 35.3 Å². The molecule has 1 N–H and O–H groups in total. The number of rotatable bonds is 3. The summed E-state index contributed by atoms with van der Waals surface area (Å²) in [5, 5.41) is 1.98. The van der Waals surface area contributed by atoms with E-state index < -0.39 is 0 Å². The fourth-order valence-corrected chi connectivity index (χ4v) is 3.86. The highest BCUT2D eigenvalue weighted by atomic mass is 79.9. The van der Waals surface area contributed by atoms with Crippen LogP contribution in [0.5, 0.6) is 0 Å². The van der Waals surface area contributed by atoms with Crippen molar-refractivity contribution in [2.45, 2.75) is 26.3 Å². The predicted molar refractivity (Wildman–Crippen MR) is 99.2 cm³/mol. The molecule has 1 amide bonds. The molecule has 0 radical (unpaired) electrons. The Kier molecular flexibility index (Phi) is 5.19. The highest BCUT2D eigenvalue weighted by Crippen LogP contribution is 2.31. The summed E-state index contributed by atoms with van der Waals surface area (Å²) in [7, 11) is 0. The molecule has 0 atom stereocenters. The van der Waals surface area contributed by atoms with Crippen molar-refractivity contribution in [1.82, 2.24) is 10.4 Å². The largest absolute Gasteiger partial charge is 0.284 e. The van der Waals surface area contributed by atoms with Crippen LogP contribution in [0.25, 0.3) is 0 Å². The molecule has 1 heterocycles. The number of carbonyl (C=O) groups is 1. The van der Waals surface area contributed by atoms with Crippen LogP contribution in [0.15, 0.2) is 45.3 Å². The Bertz CT molecular complexity index is 729. The van der Waals surface area contributed by atoms with E-state index in [0.29, 0.717) is 12.1 Å². The maximum Gasteiger partial charge on any atom is 0.265 e. The zero-order chi connectivity index (χ0) is 16.4. The van der Waals surface area contributed by atoms with Gasteiger partial charge in [0.15, 0.2) is 0 Å². The molecular formula is C18H18Br2N2O. The van der Waals surface area contributed by atoms with Gasteiger partial charge < -0.3 is 0 Å². The molecule has 0 aromatic heterocycles. The van der Waals surface area contributed by atoms with Crippen molar-refractivity contribution in [3.8, 4) is 0 Å². The standard InChI is InChI=1S/C18H18Br2N2O/c1-2-12-3-5-13(6-4-12)18(23)21-22-10-9-14-15(11-22)17(20)8-7-16(14)19/h3-8H,2,9-11H2,1H3,(H,21,23). The molecule has 0 aliphatic carbocycles. The SMILES string of the molecule is CCc1ccc(C(=O)NN2CCc3c(Br)ccc(Br)c3C2)cc1. The van der Waals surface area contributed by atoms with Gasteiger partial charge in [-0.05, 0) is 53.8 Å². The van der Waals surface area contributed by atoms with Crippen LogP contribution in [-0.2, 0) is 19.4 Å². The van der Waals surface area contributed by atoms with Gasteiger partial charge >= 0.3 is 0 Å². The Balaban J connectivity index is 1.71. The lowest BCUT2D eigenvalue weighted by molar-refractivity contribution is 0.0763. The number of nitrogens with zero attached hydrogens (tertiary/aromatic N) is 1. The lowest BCUT2D eigenvalue weighted by Gasteiger charge is -2.30. The molecule has 0 saturated heterocycles. The number of hydrazine groups is 1. The van der Waals surface area contributed by atoms with E-state index in [4.69, 9.17) is 0 Å². The smallest absolute Gasteiger partial charge is 0.265 e. The second kappa shape index (κ2) is 7.16. The van der Waals surface area contributed by atoms with Gasteiger partial charge in [0.2, 0.25) is 0 Å². The Morgan fingerprint density at radius 1 is 1.09 bits per heavy atom. The number of nitrogens with one attached hydrogen (secondary N) is 1. The second-order valence-electron chi connectivity index (χ2n) is 5.65. The van der Waals surface area contributed by atoms with E-state index in [9.17, 15) is 4.79 Å². The van der Waals surface area contributed by atoms with Crippen LogP contribution in [0.4, 0.5) is 0 Å². The Morgan fingerprint density at radius 2 is 1.74 bits per heavy atom. The number of carbonyl (C=O) groups excluding carboxylic acids is 1. The molecule has 1 aliphatic rings. The summed E-state index contributed by atoms with van der Waals surface area (Å²) in [6, 6.07) is 11.9. The van der Waals surface area contributed by atoms with Crippen molar-refractivity contribution < 1.29 is 4.79 Å². The molecule has 0 bridgehead atoms. The van der Waals surface area contributed by atoms with Gasteiger partial charge in [0, 0.05) is 27.6 Å². The Labute approximate surface area is 153 Å². The zero-order valence-electron chi connectivity index (χ0n) is 12.9. The summed E-state index contributed by atoms with van der Waals surface area (Å²) < 4.78 is 2.22. The fraction of sp³-hybridized carbons (Fsp3) is 0.278. The van der Waals surface area contributed by atoms with Gasteiger partial charge in [0.25, 0.3) is 5.91 Å². The average Bonchev–Trinajstić information content (AvgIpc) is 2.58. The third-order valence-corrected chi connectivity index (χ3v) is 5.67. The minimum Gasteiger partial charge on any atom is -0.284 e. The highest BCUT2D eigenvalue weighted by molar-refractivity contribution is 9.11. The third-order valence-electron chi connectivity index (χ3n) is 4.18. The van der Waals surface area contributed by atoms with Crippen molar-refractivity contribution in [3.63, 3.8) is 0 Å². The third kappa shape index (κ3) is 3.67. The van der Waals surface area contributed by atoms with Crippen molar-refractivity contribution in [1.29, 1.82) is 0 Å². The van der Waals surface area contributed by atoms with Crippen LogP contribution in [0.1, 0.15) is 34.0 Å². The van der Waals surface area contributed by atoms with E-state index >= 15 is 0 Å². The van der Waals surface area contributed by atoms with E-state index in [0.717, 1.165) is 28.3 Å². The second-order valence-corrected chi connectivity index (χ2v) is 7.36. The van der Waals surface area contributed by atoms with Crippen LogP contribution in [0.2, 0.25) is 0 Å². The van der Waals surface area contributed by atoms with Gasteiger partial charge in [-0.25, -0.2) is 5.01 Å². The molecule has 0 unspecified atom stereocenters. The topological polar surface area (TPSA) is 32.3 Å². The first-order valence-corrected chi connectivity index (χ1v) is 9.27. The summed E-state index contributed by atoms with van der Waals surface area (Å²) in [4.78, 5) is 12.4. The summed E-state index contributed by atoms with van der Waals surface area (Å²) >= 11 is 7.22. The highest BCUT2D eigenvalue weighted by Gasteiger charge is 2.22. The number of halogens is 2. The first kappa shape index (κ1) is 16.7. The van der Waals surface area contributed by atoms with Crippen LogP contribution >= 0.6 is 31.9 Å². The molecule has 120 valence electrons. The van der Waals surface area contributed by atoms with Crippen molar-refractivity contribution in [3.05, 3.63) is 67.6 Å². The Hall–Kier alpha value is -1.17. The maximum absolute atomic E-state index is 12.4. The summed E-state index contributed by atoms with van der Waals surface area (Å²) in [5.41, 5.74) is 7.50. The van der Waals surface area contributed by atoms with Gasteiger partial charge in [0.05, 0.1) is 0 Å². The zero-order valence-corrected chi connectivity index (χ0v) is 16.1. The first-order valence-electron chi connectivity index (χ1n) is 7.69. The molecule has 5 heteroatoms. The van der Waals surface area contributed by atoms with Crippen molar-refractivity contribution >= 4 is 37.8 Å². The number of aryl methyl sites for hydroxylation is 1. The van der Waals surface area contributed by atoms with Crippen LogP contribution in [0, 0.1) is 0 Å². The van der Waals surface area contributed by atoms with E-state index in [2.05, 4.69) is 50.3 Å². The fourth-order valence-electron chi connectivity index (χ4n) is 2.79. The summed E-state index contributed by atoms with van der Waals surface area (Å²) in [6.45, 7) is 3.62. The van der Waals surface area contributed by atoms with Gasteiger partial charge in [-0.15, -0.1) is 0 Å². The number of benzene rings is 2. The maximum atomic E-state index is 12.4. The first-order chi connectivity index (χ1) is 11.1. The average molecular weight is 438 g/mol. The minimum atomic E-state index is -0.0535. The van der Waals surface area contributed by atoms with Gasteiger partial charge in [-0.2, -0.15) is 0 Å². The molecule has 2 aromatic rings. The van der Waals surface area contributed by atoms with Gasteiger partial charge in [0.1, 0.15) is 0 Å². The molecule has 1 aliphatic heterocycles. The van der Waals surface area contributed by atoms with Crippen molar-refractivity contribution in [2.24, 2.45) is 0 Å². The number of hydrogen-bond acceptors (Lipinski definition) is 2. The van der Waals surface area contributed by atoms with Crippen LogP contribution in [-0.4, -0.2) is 17.5 Å². The van der Waals surface area contributed by atoms with Crippen molar-refractivity contribution in [2.75, 3.05) is 6.54 Å². The molecule has 0 fully saturated rings. The summed E-state index contributed by atoms with van der Waals surface area (Å²) in [5.74, 6) is -0.0535. The van der Waals surface area contributed by atoms with E-state index in [1.54, 1.807) is 0 Å². The number of amides is 1. The number of fused-ring (bicyclic) bond motifs is 1. The van der Waals surface area contributed by atoms with E-state index in [-0.39, 0.29) is 5.91 Å². The molecule has 0 spiro atoms. The molecule has 23 heavy (non-hydrogen) atoms. The monoisotopic (exact) mass is 436 g/mol. The Morgan fingerprint density at radius 3 is 2.39 bits per heavy atom. The quantitative estimate of drug-likeness (QED) is 0.767. The summed E-state index contributed by atoms with van der Waals surface area (Å²) in [6.07, 6.45) is 1.89. The van der Waals surface area contributed by atoms with Gasteiger partial charge in [-0.3, -0.25) is 10.2 Å². The molecule has 2 aromatic carbocycles. The molecule has 3 rings (SSSR count). The number of hydrogen-bond donors (Lipinski definition) is 1. The molecule has 3 nitrogen and oxygen atoms in total. The van der Waals surface area contributed by atoms with Crippen LogP contribution < -0.4 is 5.43 Å². The molecule has 0 saturated carbocycles. The predicted octanol–water partition coefficient (Wildman–Crippen LogP) is 4.48. The lowest BCUT2D eigenvalue weighted by Crippen LogP contribution is -2.45.